The highest BCUT2D eigenvalue weighted by Gasteiger charge is 2.29. The van der Waals surface area contributed by atoms with Crippen molar-refractivity contribution < 1.29 is 4.74 Å². The lowest BCUT2D eigenvalue weighted by molar-refractivity contribution is 0.292. The first-order valence-corrected chi connectivity index (χ1v) is 7.90. The molecule has 0 radical (unpaired) electrons. The molecule has 2 nitrogen and oxygen atoms in total. The summed E-state index contributed by atoms with van der Waals surface area (Å²) in [6.07, 6.45) is 10.2. The monoisotopic (exact) mass is 271 g/mol. The number of allylic oxidation sites excluding steroid dienone is 1. The molecule has 0 heterocycles. The molecule has 0 atom stereocenters. The molecule has 1 fully saturated rings. The second-order valence-corrected chi connectivity index (χ2v) is 6.10. The average molecular weight is 271 g/mol. The molecule has 0 amide bonds. The first-order valence-electron chi connectivity index (χ1n) is 7.90. The van der Waals surface area contributed by atoms with E-state index in [2.05, 4.69) is 29.6 Å². The maximum absolute atomic E-state index is 5.30. The van der Waals surface area contributed by atoms with Gasteiger partial charge in [-0.2, -0.15) is 0 Å². The molecule has 3 rings (SSSR count). The van der Waals surface area contributed by atoms with E-state index in [1.807, 2.05) is 6.07 Å². The first kappa shape index (κ1) is 13.7. The zero-order valence-corrected chi connectivity index (χ0v) is 12.4. The summed E-state index contributed by atoms with van der Waals surface area (Å²) in [5.41, 5.74) is 3.10. The summed E-state index contributed by atoms with van der Waals surface area (Å²) in [5, 5.41) is 3.70. The van der Waals surface area contributed by atoms with E-state index < -0.39 is 0 Å². The summed E-state index contributed by atoms with van der Waals surface area (Å²) in [6.45, 7) is 1.15. The van der Waals surface area contributed by atoms with Crippen LogP contribution < -0.4 is 10.1 Å². The minimum atomic E-state index is 0.716. The zero-order chi connectivity index (χ0) is 13.8. The topological polar surface area (TPSA) is 21.3 Å². The lowest BCUT2D eigenvalue weighted by atomic mass is 9.76. The zero-order valence-electron chi connectivity index (χ0n) is 12.4. The van der Waals surface area contributed by atoms with Crippen molar-refractivity contribution >= 4 is 0 Å². The fraction of sp³-hybridized carbons (Fsp3) is 0.556. The van der Waals surface area contributed by atoms with Crippen LogP contribution in [0.2, 0.25) is 0 Å². The largest absolute Gasteiger partial charge is 0.497 e. The van der Waals surface area contributed by atoms with Crippen molar-refractivity contribution in [1.82, 2.24) is 5.32 Å². The Labute approximate surface area is 122 Å². The van der Waals surface area contributed by atoms with E-state index in [0.29, 0.717) is 12.0 Å². The maximum atomic E-state index is 5.30. The van der Waals surface area contributed by atoms with Gasteiger partial charge >= 0.3 is 0 Å². The molecule has 1 aromatic rings. The molecule has 0 bridgehead atoms. The maximum Gasteiger partial charge on any atom is 0.119 e. The second kappa shape index (κ2) is 6.45. The van der Waals surface area contributed by atoms with Crippen LogP contribution in [0.5, 0.6) is 5.75 Å². The molecule has 0 aromatic heterocycles. The van der Waals surface area contributed by atoms with E-state index in [9.17, 15) is 0 Å². The van der Waals surface area contributed by atoms with Gasteiger partial charge < -0.3 is 10.1 Å². The predicted octanol–water partition coefficient (Wildman–Crippen LogP) is 4.03. The average Bonchev–Trinajstić information content (AvgIpc) is 2.94. The fourth-order valence-electron chi connectivity index (χ4n) is 3.35. The predicted molar refractivity (Wildman–Crippen MR) is 83.3 cm³/mol. The fourth-order valence-corrected chi connectivity index (χ4v) is 3.35. The highest BCUT2D eigenvalue weighted by Crippen LogP contribution is 2.38. The third-order valence-corrected chi connectivity index (χ3v) is 4.72. The van der Waals surface area contributed by atoms with Crippen LogP contribution in [0.25, 0.3) is 0 Å². The van der Waals surface area contributed by atoms with Crippen LogP contribution in [0.1, 0.15) is 50.0 Å². The number of nitrogens with one attached hydrogen (secondary N) is 1. The van der Waals surface area contributed by atoms with E-state index in [0.717, 1.165) is 12.3 Å². The van der Waals surface area contributed by atoms with E-state index in [4.69, 9.17) is 4.74 Å². The van der Waals surface area contributed by atoms with Crippen LogP contribution in [-0.2, 0) is 0 Å². The van der Waals surface area contributed by atoms with Crippen LogP contribution in [0.15, 0.2) is 35.9 Å². The Bertz CT molecular complexity index is 474. The van der Waals surface area contributed by atoms with Gasteiger partial charge in [-0.1, -0.05) is 23.8 Å². The van der Waals surface area contributed by atoms with Crippen LogP contribution in [-0.4, -0.2) is 19.7 Å². The van der Waals surface area contributed by atoms with Gasteiger partial charge in [-0.3, -0.25) is 0 Å². The Hall–Kier alpha value is -1.28. The van der Waals surface area contributed by atoms with E-state index in [-0.39, 0.29) is 0 Å². The van der Waals surface area contributed by atoms with Crippen molar-refractivity contribution in [2.24, 2.45) is 0 Å². The molecule has 0 aliphatic heterocycles. The van der Waals surface area contributed by atoms with Gasteiger partial charge in [0, 0.05) is 6.04 Å². The van der Waals surface area contributed by atoms with Crippen LogP contribution in [0.3, 0.4) is 0 Å². The summed E-state index contributed by atoms with van der Waals surface area (Å²) < 4.78 is 5.30. The van der Waals surface area contributed by atoms with Gasteiger partial charge in [0.05, 0.1) is 7.11 Å². The van der Waals surface area contributed by atoms with Crippen molar-refractivity contribution in [3.63, 3.8) is 0 Å². The van der Waals surface area contributed by atoms with E-state index in [1.165, 1.54) is 44.1 Å². The molecule has 108 valence electrons. The van der Waals surface area contributed by atoms with Crippen molar-refractivity contribution in [2.75, 3.05) is 13.7 Å². The Morgan fingerprint density at radius 3 is 2.95 bits per heavy atom. The molecule has 2 heteroatoms. The van der Waals surface area contributed by atoms with Crippen LogP contribution in [0.4, 0.5) is 0 Å². The van der Waals surface area contributed by atoms with Crippen LogP contribution >= 0.6 is 0 Å². The molecule has 1 N–H and O–H groups in total. The highest BCUT2D eigenvalue weighted by molar-refractivity contribution is 5.32. The van der Waals surface area contributed by atoms with Gasteiger partial charge in [0.15, 0.2) is 0 Å². The smallest absolute Gasteiger partial charge is 0.119 e. The summed E-state index contributed by atoms with van der Waals surface area (Å²) >= 11 is 0. The Morgan fingerprint density at radius 1 is 1.30 bits per heavy atom. The number of hydrogen-bond acceptors (Lipinski definition) is 2. The normalized spacial score (nSPS) is 25.1. The van der Waals surface area contributed by atoms with E-state index >= 15 is 0 Å². The molecule has 20 heavy (non-hydrogen) atoms. The van der Waals surface area contributed by atoms with Gasteiger partial charge in [0.2, 0.25) is 0 Å². The third kappa shape index (κ3) is 3.24. The molecule has 2 aliphatic rings. The highest BCUT2D eigenvalue weighted by atomic mass is 16.5. The number of methoxy groups -OCH3 is 1. The third-order valence-electron chi connectivity index (χ3n) is 4.72. The molecule has 1 saturated carbocycles. The summed E-state index contributed by atoms with van der Waals surface area (Å²) in [4.78, 5) is 0. The van der Waals surface area contributed by atoms with Gasteiger partial charge in [-0.05, 0) is 68.7 Å². The van der Waals surface area contributed by atoms with Gasteiger partial charge in [-0.15, -0.1) is 0 Å². The lowest BCUT2D eigenvalue weighted by Gasteiger charge is -2.36. The number of rotatable bonds is 6. The quantitative estimate of drug-likeness (QED) is 0.789. The van der Waals surface area contributed by atoms with Crippen molar-refractivity contribution in [1.29, 1.82) is 0 Å². The van der Waals surface area contributed by atoms with Gasteiger partial charge in [-0.25, -0.2) is 0 Å². The summed E-state index contributed by atoms with van der Waals surface area (Å²) in [7, 11) is 1.74. The first-order chi connectivity index (χ1) is 9.85. The van der Waals surface area contributed by atoms with Crippen molar-refractivity contribution in [3.8, 4) is 5.75 Å². The molecular weight excluding hydrogens is 246 g/mol. The molecule has 0 unspecified atom stereocenters. The van der Waals surface area contributed by atoms with E-state index in [1.54, 1.807) is 12.7 Å². The molecule has 1 aromatic carbocycles. The van der Waals surface area contributed by atoms with Crippen molar-refractivity contribution in [3.05, 3.63) is 41.5 Å². The van der Waals surface area contributed by atoms with Crippen molar-refractivity contribution in [2.45, 2.75) is 50.5 Å². The van der Waals surface area contributed by atoms with Gasteiger partial charge in [0.1, 0.15) is 5.75 Å². The molecule has 0 saturated heterocycles. The number of benzene rings is 1. The lowest BCUT2D eigenvalue weighted by Crippen LogP contribution is -2.40. The Kier molecular flexibility index (Phi) is 4.41. The standard InChI is InChI=1S/C18H25NO/c1-20-18-8-4-7-15(13-18)16-11-17(12-16)19-10-9-14-5-2-3-6-14/h4-5,7-8,13,16-17,19H,2-3,6,9-12H2,1H3. The minimum Gasteiger partial charge on any atom is -0.497 e. The summed E-state index contributed by atoms with van der Waals surface area (Å²) in [5.74, 6) is 1.69. The molecule has 0 spiro atoms. The molecule has 2 aliphatic carbocycles. The Balaban J connectivity index is 1.39. The Morgan fingerprint density at radius 2 is 2.20 bits per heavy atom. The van der Waals surface area contributed by atoms with Crippen LogP contribution in [0, 0.1) is 0 Å². The second-order valence-electron chi connectivity index (χ2n) is 6.10. The SMILES string of the molecule is COc1cccc(C2CC(NCCC3=CCCC3)C2)c1. The number of ether oxygens (including phenoxy) is 1. The number of hydrogen-bond donors (Lipinski definition) is 1. The minimum absolute atomic E-state index is 0.716. The molecular formula is C18H25NO. The van der Waals surface area contributed by atoms with Gasteiger partial charge in [0.25, 0.3) is 0 Å². The summed E-state index contributed by atoms with van der Waals surface area (Å²) in [6, 6.07) is 9.25.